The Morgan fingerprint density at radius 1 is 1.37 bits per heavy atom. The summed E-state index contributed by atoms with van der Waals surface area (Å²) in [5.74, 6) is 0.416. The summed E-state index contributed by atoms with van der Waals surface area (Å²) >= 11 is 5.18. The lowest BCUT2D eigenvalue weighted by atomic mass is 10.0. The topological polar surface area (TPSA) is 107 Å². The molecular weight excluding hydrogens is 370 g/mol. The molecule has 8 nitrogen and oxygen atoms in total. The number of carbonyl (C=O) groups is 1. The molecule has 9 heteroatoms. The van der Waals surface area contributed by atoms with E-state index in [0.717, 1.165) is 0 Å². The van der Waals surface area contributed by atoms with Crippen molar-refractivity contribution in [3.8, 4) is 11.3 Å². The highest BCUT2D eigenvalue weighted by molar-refractivity contribution is 7.80. The fourth-order valence-corrected chi connectivity index (χ4v) is 3.09. The summed E-state index contributed by atoms with van der Waals surface area (Å²) in [5, 5.41) is 17.3. The van der Waals surface area contributed by atoms with Crippen LogP contribution in [-0.2, 0) is 9.53 Å². The highest BCUT2D eigenvalue weighted by atomic mass is 32.1. The van der Waals surface area contributed by atoms with Gasteiger partial charge in [-0.3, -0.25) is 10.1 Å². The van der Waals surface area contributed by atoms with Gasteiger partial charge in [-0.25, -0.2) is 4.79 Å². The van der Waals surface area contributed by atoms with Crippen LogP contribution in [-0.4, -0.2) is 22.6 Å². The molecule has 0 radical (unpaired) electrons. The van der Waals surface area contributed by atoms with Gasteiger partial charge in [0.05, 0.1) is 17.1 Å². The Kier molecular flexibility index (Phi) is 5.22. The van der Waals surface area contributed by atoms with Crippen molar-refractivity contribution in [2.24, 2.45) is 0 Å². The average Bonchev–Trinajstić information content (AvgIpc) is 3.11. The molecule has 1 atom stereocenters. The number of benzene rings is 1. The normalized spacial score (nSPS) is 16.5. The number of furan rings is 1. The number of nitro groups is 1. The largest absolute Gasteiger partial charge is 0.463 e. The van der Waals surface area contributed by atoms with Gasteiger partial charge >= 0.3 is 5.97 Å². The average molecular weight is 387 g/mol. The van der Waals surface area contributed by atoms with Crippen molar-refractivity contribution in [3.63, 3.8) is 0 Å². The number of nitrogens with zero attached hydrogens (tertiary/aromatic N) is 1. The summed E-state index contributed by atoms with van der Waals surface area (Å²) in [4.78, 5) is 22.9. The molecule has 0 saturated heterocycles. The summed E-state index contributed by atoms with van der Waals surface area (Å²) in [6.45, 7) is 3.70. The molecule has 0 aliphatic carbocycles. The van der Waals surface area contributed by atoms with Gasteiger partial charge in [-0.15, -0.1) is 0 Å². The SMILES string of the molecule is CCOC(=O)C1=C(C)NC(=S)N[C@@H]1c1ccc(-c2cccc([N+](=O)[O-])c2)o1. The van der Waals surface area contributed by atoms with Gasteiger partial charge in [-0.05, 0) is 38.2 Å². The molecule has 1 aromatic carbocycles. The fraction of sp³-hybridized carbons (Fsp3) is 0.222. The van der Waals surface area contributed by atoms with Crippen LogP contribution in [0.25, 0.3) is 11.3 Å². The van der Waals surface area contributed by atoms with Crippen LogP contribution in [0.15, 0.2) is 52.1 Å². The third-order valence-electron chi connectivity index (χ3n) is 4.02. The maximum absolute atomic E-state index is 12.4. The molecule has 2 N–H and O–H groups in total. The molecule has 2 aromatic rings. The molecule has 0 spiro atoms. The second kappa shape index (κ2) is 7.58. The zero-order valence-electron chi connectivity index (χ0n) is 14.6. The van der Waals surface area contributed by atoms with Crippen molar-refractivity contribution in [2.75, 3.05) is 6.61 Å². The van der Waals surface area contributed by atoms with Gasteiger partial charge in [0.15, 0.2) is 5.11 Å². The fourth-order valence-electron chi connectivity index (χ4n) is 2.82. The maximum atomic E-state index is 12.4. The molecule has 0 fully saturated rings. The highest BCUT2D eigenvalue weighted by Crippen LogP contribution is 2.32. The van der Waals surface area contributed by atoms with E-state index in [9.17, 15) is 14.9 Å². The van der Waals surface area contributed by atoms with Gasteiger partial charge in [0.2, 0.25) is 0 Å². The molecule has 1 aromatic heterocycles. The third-order valence-corrected chi connectivity index (χ3v) is 4.24. The van der Waals surface area contributed by atoms with E-state index >= 15 is 0 Å². The Morgan fingerprint density at radius 2 is 2.15 bits per heavy atom. The number of allylic oxidation sites excluding steroid dienone is 1. The highest BCUT2D eigenvalue weighted by Gasteiger charge is 2.33. The predicted molar refractivity (Wildman–Crippen MR) is 102 cm³/mol. The lowest BCUT2D eigenvalue weighted by molar-refractivity contribution is -0.384. The summed E-state index contributed by atoms with van der Waals surface area (Å²) in [6.07, 6.45) is 0. The first-order chi connectivity index (χ1) is 12.9. The van der Waals surface area contributed by atoms with Crippen LogP contribution in [0, 0.1) is 10.1 Å². The number of thiocarbonyl (C=S) groups is 1. The summed E-state index contributed by atoms with van der Waals surface area (Å²) in [7, 11) is 0. The lowest BCUT2D eigenvalue weighted by Crippen LogP contribution is -2.45. The van der Waals surface area contributed by atoms with Crippen molar-refractivity contribution in [2.45, 2.75) is 19.9 Å². The minimum atomic E-state index is -0.620. The molecule has 0 unspecified atom stereocenters. The van der Waals surface area contributed by atoms with E-state index in [1.807, 2.05) is 0 Å². The molecule has 0 saturated carbocycles. The summed E-state index contributed by atoms with van der Waals surface area (Å²) < 4.78 is 11.0. The van der Waals surface area contributed by atoms with E-state index in [-0.39, 0.29) is 12.3 Å². The Balaban J connectivity index is 1.97. The standard InChI is InChI=1S/C18H17N3O5S/c1-3-25-17(22)15-10(2)19-18(27)20-16(15)14-8-7-13(26-14)11-5-4-6-12(9-11)21(23)24/h4-9,16H,3H2,1-2H3,(H2,19,20,27)/t16-/m1/s1. The van der Waals surface area contributed by atoms with Crippen LogP contribution >= 0.6 is 12.2 Å². The van der Waals surface area contributed by atoms with E-state index in [4.69, 9.17) is 21.4 Å². The zero-order chi connectivity index (χ0) is 19.6. The molecule has 140 valence electrons. The molecule has 2 heterocycles. The van der Waals surface area contributed by atoms with Crippen molar-refractivity contribution in [1.82, 2.24) is 10.6 Å². The molecule has 1 aliphatic heterocycles. The number of nitro benzene ring substituents is 1. The Hall–Kier alpha value is -3.20. The van der Waals surface area contributed by atoms with E-state index in [1.165, 1.54) is 12.1 Å². The minimum Gasteiger partial charge on any atom is -0.463 e. The molecule has 27 heavy (non-hydrogen) atoms. The second-order valence-corrected chi connectivity index (χ2v) is 6.21. The number of carbonyl (C=O) groups excluding carboxylic acids is 1. The number of ether oxygens (including phenoxy) is 1. The minimum absolute atomic E-state index is 0.0328. The second-order valence-electron chi connectivity index (χ2n) is 5.80. The van der Waals surface area contributed by atoms with Crippen LogP contribution in [0.4, 0.5) is 5.69 Å². The Morgan fingerprint density at radius 3 is 2.85 bits per heavy atom. The van der Waals surface area contributed by atoms with Gasteiger partial charge in [-0.1, -0.05) is 12.1 Å². The van der Waals surface area contributed by atoms with E-state index < -0.39 is 16.9 Å². The lowest BCUT2D eigenvalue weighted by Gasteiger charge is -2.28. The van der Waals surface area contributed by atoms with E-state index in [1.54, 1.807) is 38.1 Å². The van der Waals surface area contributed by atoms with Crippen LogP contribution < -0.4 is 10.6 Å². The van der Waals surface area contributed by atoms with Crippen molar-refractivity contribution in [1.29, 1.82) is 0 Å². The third kappa shape index (κ3) is 3.82. The van der Waals surface area contributed by atoms with Crippen molar-refractivity contribution in [3.05, 3.63) is 63.5 Å². The summed E-state index contributed by atoms with van der Waals surface area (Å²) in [6, 6.07) is 8.91. The van der Waals surface area contributed by atoms with Gasteiger partial charge in [0.1, 0.15) is 17.6 Å². The number of esters is 1. The molecule has 0 bridgehead atoms. The Labute approximate surface area is 160 Å². The Bertz CT molecular complexity index is 950. The van der Waals surface area contributed by atoms with Crippen molar-refractivity contribution < 1.29 is 18.9 Å². The van der Waals surface area contributed by atoms with Gasteiger partial charge in [0, 0.05) is 23.4 Å². The van der Waals surface area contributed by atoms with E-state index in [0.29, 0.717) is 33.5 Å². The summed E-state index contributed by atoms with van der Waals surface area (Å²) in [5.41, 5.74) is 1.47. The molecule has 0 amide bonds. The molecular formula is C18H17N3O5S. The monoisotopic (exact) mass is 387 g/mol. The number of non-ortho nitro benzene ring substituents is 1. The smallest absolute Gasteiger partial charge is 0.338 e. The maximum Gasteiger partial charge on any atom is 0.338 e. The first kappa shape index (κ1) is 18.6. The van der Waals surface area contributed by atoms with E-state index in [2.05, 4.69) is 10.6 Å². The first-order valence-electron chi connectivity index (χ1n) is 8.20. The molecule has 3 rings (SSSR count). The number of hydrogen-bond acceptors (Lipinski definition) is 6. The van der Waals surface area contributed by atoms with Crippen LogP contribution in [0.2, 0.25) is 0 Å². The number of nitrogens with one attached hydrogen (secondary N) is 2. The first-order valence-corrected chi connectivity index (χ1v) is 8.61. The van der Waals surface area contributed by atoms with Crippen LogP contribution in [0.3, 0.4) is 0 Å². The van der Waals surface area contributed by atoms with Crippen LogP contribution in [0.5, 0.6) is 0 Å². The van der Waals surface area contributed by atoms with Gasteiger partial charge in [0.25, 0.3) is 5.69 Å². The van der Waals surface area contributed by atoms with Crippen molar-refractivity contribution >= 4 is 29.0 Å². The molecule has 1 aliphatic rings. The predicted octanol–water partition coefficient (Wildman–Crippen LogP) is 3.21. The number of rotatable bonds is 5. The van der Waals surface area contributed by atoms with Gasteiger partial charge < -0.3 is 19.8 Å². The number of hydrogen-bond donors (Lipinski definition) is 2. The van der Waals surface area contributed by atoms with Gasteiger partial charge in [-0.2, -0.15) is 0 Å². The quantitative estimate of drug-likeness (QED) is 0.349. The van der Waals surface area contributed by atoms with Crippen LogP contribution in [0.1, 0.15) is 25.6 Å². The zero-order valence-corrected chi connectivity index (χ0v) is 15.5.